The molecule has 0 fully saturated rings. The predicted molar refractivity (Wildman–Crippen MR) is 73.5 cm³/mol. The van der Waals surface area contributed by atoms with Crippen molar-refractivity contribution in [3.05, 3.63) is 25.6 Å². The number of amides is 1. The Kier molecular flexibility index (Phi) is 5.09. The van der Waals surface area contributed by atoms with Gasteiger partial charge in [0.25, 0.3) is 0 Å². The van der Waals surface area contributed by atoms with Crippen molar-refractivity contribution < 1.29 is 4.79 Å². The van der Waals surface area contributed by atoms with Crippen LogP contribution in [-0.4, -0.2) is 11.3 Å². The summed E-state index contributed by atoms with van der Waals surface area (Å²) in [7, 11) is 0. The van der Waals surface area contributed by atoms with Crippen molar-refractivity contribution in [1.82, 2.24) is 0 Å². The smallest absolute Gasteiger partial charge is 0.242 e. The number of hydrogen-bond donors (Lipinski definition) is 1. The van der Waals surface area contributed by atoms with E-state index < -0.39 is 5.38 Å². The molecule has 82 valence electrons. The lowest BCUT2D eigenvalue weighted by molar-refractivity contribution is -0.115. The molecule has 0 spiro atoms. The lowest BCUT2D eigenvalue weighted by Crippen LogP contribution is -2.20. The first-order valence-corrected chi connectivity index (χ1v) is 6.83. The predicted octanol–water partition coefficient (Wildman–Crippen LogP) is 4.54. The van der Waals surface area contributed by atoms with Gasteiger partial charge in [0.1, 0.15) is 5.38 Å². The first-order valence-electron chi connectivity index (χ1n) is 4.01. The number of rotatable bonds is 2. The fourth-order valence-electron chi connectivity index (χ4n) is 0.884. The fraction of sp³-hybridized carbons (Fsp3) is 0.222. The molecule has 15 heavy (non-hydrogen) atoms. The number of carbonyl (C=O) groups is 1. The zero-order valence-electron chi connectivity index (χ0n) is 7.65. The molecule has 0 saturated heterocycles. The number of hydrogen-bond acceptors (Lipinski definition) is 1. The molecule has 1 N–H and O–H groups in total. The van der Waals surface area contributed by atoms with Crippen LogP contribution in [0.5, 0.6) is 0 Å². The topological polar surface area (TPSA) is 29.1 Å². The van der Waals surface area contributed by atoms with Crippen LogP contribution in [-0.2, 0) is 4.79 Å². The van der Waals surface area contributed by atoms with Gasteiger partial charge in [-0.15, -0.1) is 11.6 Å². The Hall–Kier alpha value is 0.420. The van der Waals surface area contributed by atoms with Crippen molar-refractivity contribution in [2.24, 2.45) is 0 Å². The van der Waals surface area contributed by atoms with Crippen LogP contribution in [0.1, 0.15) is 6.92 Å². The van der Waals surface area contributed by atoms with Gasteiger partial charge in [0.05, 0.1) is 5.69 Å². The van der Waals surface area contributed by atoms with E-state index in [4.69, 9.17) is 11.6 Å². The van der Waals surface area contributed by atoms with Gasteiger partial charge in [-0.25, -0.2) is 0 Å². The Labute approximate surface area is 118 Å². The van der Waals surface area contributed by atoms with Crippen LogP contribution in [0.4, 0.5) is 5.69 Å². The maximum atomic E-state index is 11.4. The van der Waals surface area contributed by atoms with Gasteiger partial charge in [0, 0.05) is 13.4 Å². The summed E-state index contributed by atoms with van der Waals surface area (Å²) in [6, 6.07) is 3.69. The molecule has 1 amide bonds. The normalized spacial score (nSPS) is 12.3. The molecule has 0 aliphatic heterocycles. The summed E-state index contributed by atoms with van der Waals surface area (Å²) in [5.74, 6) is -0.236. The summed E-state index contributed by atoms with van der Waals surface area (Å²) >= 11 is 15.7. The van der Waals surface area contributed by atoms with E-state index in [1.165, 1.54) is 0 Å². The van der Waals surface area contributed by atoms with Crippen LogP contribution in [0.25, 0.3) is 0 Å². The van der Waals surface area contributed by atoms with E-state index in [0.717, 1.165) is 13.4 Å². The fourth-order valence-corrected chi connectivity index (χ4v) is 3.40. The van der Waals surface area contributed by atoms with Crippen LogP contribution in [0.15, 0.2) is 25.6 Å². The number of anilines is 1. The summed E-state index contributed by atoms with van der Waals surface area (Å²) in [6.45, 7) is 1.62. The molecule has 1 aromatic carbocycles. The molecule has 0 saturated carbocycles. The molecule has 0 bridgehead atoms. The highest BCUT2D eigenvalue weighted by Crippen LogP contribution is 2.34. The van der Waals surface area contributed by atoms with E-state index in [2.05, 4.69) is 53.1 Å². The summed E-state index contributed by atoms with van der Waals surface area (Å²) in [5, 5.41) is 2.16. The highest BCUT2D eigenvalue weighted by molar-refractivity contribution is 9.11. The van der Waals surface area contributed by atoms with Crippen molar-refractivity contribution in [2.45, 2.75) is 12.3 Å². The average Bonchev–Trinajstić information content (AvgIpc) is 2.10. The van der Waals surface area contributed by atoms with Crippen molar-refractivity contribution in [3.8, 4) is 0 Å². The number of benzene rings is 1. The van der Waals surface area contributed by atoms with Crippen LogP contribution >= 0.6 is 59.4 Å². The Morgan fingerprint density at radius 1 is 1.33 bits per heavy atom. The highest BCUT2D eigenvalue weighted by atomic mass is 79.9. The molecule has 1 unspecified atom stereocenters. The van der Waals surface area contributed by atoms with Crippen LogP contribution < -0.4 is 5.32 Å². The third-order valence-corrected chi connectivity index (χ3v) is 3.52. The zero-order valence-corrected chi connectivity index (χ0v) is 13.2. The minimum atomic E-state index is -0.563. The summed E-state index contributed by atoms with van der Waals surface area (Å²) in [5.41, 5.74) is 0.677. The van der Waals surface area contributed by atoms with E-state index in [9.17, 15) is 4.79 Å². The Balaban J connectivity index is 3.00. The monoisotopic (exact) mass is 417 g/mol. The standard InChI is InChI=1S/C9H7Br3ClNO/c1-4(13)9(15)14-8-6(11)2-5(10)3-7(8)12/h2-4H,1H3,(H,14,15). The summed E-state index contributed by atoms with van der Waals surface area (Å²) in [4.78, 5) is 11.4. The molecular weight excluding hydrogens is 413 g/mol. The van der Waals surface area contributed by atoms with Gasteiger partial charge in [-0.3, -0.25) is 4.79 Å². The largest absolute Gasteiger partial charge is 0.323 e. The molecular formula is C9H7Br3ClNO. The van der Waals surface area contributed by atoms with E-state index >= 15 is 0 Å². The molecule has 0 heterocycles. The molecule has 1 atom stereocenters. The molecule has 0 aromatic heterocycles. The van der Waals surface area contributed by atoms with Crippen molar-refractivity contribution >= 4 is 71.0 Å². The lowest BCUT2D eigenvalue weighted by Gasteiger charge is -2.11. The first-order chi connectivity index (χ1) is 6.91. The molecule has 1 rings (SSSR count). The Morgan fingerprint density at radius 3 is 2.20 bits per heavy atom. The Morgan fingerprint density at radius 2 is 1.80 bits per heavy atom. The molecule has 1 aromatic rings. The maximum Gasteiger partial charge on any atom is 0.242 e. The van der Waals surface area contributed by atoms with E-state index in [1.54, 1.807) is 6.92 Å². The molecule has 6 heteroatoms. The molecule has 0 radical (unpaired) electrons. The van der Waals surface area contributed by atoms with Gasteiger partial charge in [-0.2, -0.15) is 0 Å². The maximum absolute atomic E-state index is 11.4. The summed E-state index contributed by atoms with van der Waals surface area (Å²) < 4.78 is 2.49. The van der Waals surface area contributed by atoms with Gasteiger partial charge in [0.15, 0.2) is 0 Å². The quantitative estimate of drug-likeness (QED) is 0.700. The van der Waals surface area contributed by atoms with Crippen molar-refractivity contribution in [2.75, 3.05) is 5.32 Å². The molecule has 0 aliphatic carbocycles. The first kappa shape index (κ1) is 13.5. The second-order valence-electron chi connectivity index (χ2n) is 2.85. The van der Waals surface area contributed by atoms with Gasteiger partial charge in [0.2, 0.25) is 5.91 Å². The lowest BCUT2D eigenvalue weighted by atomic mass is 10.3. The van der Waals surface area contributed by atoms with Crippen molar-refractivity contribution in [1.29, 1.82) is 0 Å². The Bertz CT molecular complexity index is 372. The van der Waals surface area contributed by atoms with Gasteiger partial charge in [-0.05, 0) is 50.9 Å². The van der Waals surface area contributed by atoms with E-state index in [1.807, 2.05) is 12.1 Å². The molecule has 0 aliphatic rings. The number of nitrogens with one attached hydrogen (secondary N) is 1. The third-order valence-electron chi connectivity index (χ3n) is 1.62. The second-order valence-corrected chi connectivity index (χ2v) is 6.13. The SMILES string of the molecule is CC(Cl)C(=O)Nc1c(Br)cc(Br)cc1Br. The van der Waals surface area contributed by atoms with Crippen LogP contribution in [0, 0.1) is 0 Å². The van der Waals surface area contributed by atoms with Gasteiger partial charge < -0.3 is 5.32 Å². The highest BCUT2D eigenvalue weighted by Gasteiger charge is 2.13. The minimum absolute atomic E-state index is 0.236. The van der Waals surface area contributed by atoms with Crippen LogP contribution in [0.3, 0.4) is 0 Å². The second kappa shape index (κ2) is 5.66. The molecule has 2 nitrogen and oxygen atoms in total. The van der Waals surface area contributed by atoms with Gasteiger partial charge >= 0.3 is 0 Å². The van der Waals surface area contributed by atoms with Crippen LogP contribution in [0.2, 0.25) is 0 Å². The van der Waals surface area contributed by atoms with E-state index in [-0.39, 0.29) is 5.91 Å². The van der Waals surface area contributed by atoms with Gasteiger partial charge in [-0.1, -0.05) is 15.9 Å². The third kappa shape index (κ3) is 3.73. The van der Waals surface area contributed by atoms with E-state index in [0.29, 0.717) is 5.69 Å². The number of halogens is 4. The zero-order chi connectivity index (χ0) is 11.6. The number of alkyl halides is 1. The number of carbonyl (C=O) groups excluding carboxylic acids is 1. The summed E-state index contributed by atoms with van der Waals surface area (Å²) in [6.07, 6.45) is 0. The minimum Gasteiger partial charge on any atom is -0.323 e. The van der Waals surface area contributed by atoms with Crippen molar-refractivity contribution in [3.63, 3.8) is 0 Å². The average molecular weight is 420 g/mol.